The summed E-state index contributed by atoms with van der Waals surface area (Å²) in [6.45, 7) is 3.09. The van der Waals surface area contributed by atoms with Gasteiger partial charge in [-0.3, -0.25) is 4.79 Å². The topological polar surface area (TPSA) is 74.5 Å². The number of rotatable bonds is 5. The molecule has 0 aliphatic carbocycles. The highest BCUT2D eigenvalue weighted by Crippen LogP contribution is 2.17. The molecule has 4 rings (SSSR count). The molecule has 1 aliphatic rings. The molecule has 0 saturated carbocycles. The Morgan fingerprint density at radius 2 is 1.61 bits per heavy atom. The first-order valence-electron chi connectivity index (χ1n) is 9.42. The predicted molar refractivity (Wildman–Crippen MR) is 106 cm³/mol. The van der Waals surface area contributed by atoms with Crippen molar-refractivity contribution in [1.29, 1.82) is 0 Å². The third kappa shape index (κ3) is 4.04. The van der Waals surface area contributed by atoms with Gasteiger partial charge in [-0.05, 0) is 17.7 Å². The van der Waals surface area contributed by atoms with Crippen molar-refractivity contribution in [3.63, 3.8) is 0 Å². The number of aromatic nitrogens is 3. The smallest absolute Gasteiger partial charge is 0.293 e. The first-order chi connectivity index (χ1) is 13.7. The highest BCUT2D eigenvalue weighted by Gasteiger charge is 2.25. The van der Waals surface area contributed by atoms with Gasteiger partial charge < -0.3 is 14.9 Å². The van der Waals surface area contributed by atoms with Crippen LogP contribution in [0.3, 0.4) is 0 Å². The van der Waals surface area contributed by atoms with Crippen molar-refractivity contribution in [2.45, 2.75) is 12.6 Å². The molecule has 1 amide bonds. The number of nitrogens with zero attached hydrogens (tertiary/aromatic N) is 5. The standard InChI is InChI=1S/C21H23N5O2/c27-19(17-7-3-1-4-8-17)15-26-16-22-20(23-26)21(28)25-13-11-24(12-14-25)18-9-5-2-6-10-18/h1-10,16,19,27H,11-15H2/t19-/m0/s1. The van der Waals surface area contributed by atoms with Crippen molar-refractivity contribution in [3.05, 3.63) is 78.4 Å². The molecule has 1 atom stereocenters. The number of hydrogen-bond donors (Lipinski definition) is 1. The van der Waals surface area contributed by atoms with Gasteiger partial charge in [-0.15, -0.1) is 5.10 Å². The highest BCUT2D eigenvalue weighted by molar-refractivity contribution is 5.90. The number of hydrogen-bond acceptors (Lipinski definition) is 5. The minimum atomic E-state index is -0.694. The molecule has 144 valence electrons. The van der Waals surface area contributed by atoms with Gasteiger partial charge in [0, 0.05) is 31.9 Å². The molecule has 1 fully saturated rings. The van der Waals surface area contributed by atoms with E-state index in [1.54, 1.807) is 4.90 Å². The number of aliphatic hydroxyl groups excluding tert-OH is 1. The molecule has 0 unspecified atom stereocenters. The van der Waals surface area contributed by atoms with Crippen LogP contribution in [0.2, 0.25) is 0 Å². The predicted octanol–water partition coefficient (Wildman–Crippen LogP) is 1.97. The van der Waals surface area contributed by atoms with Crippen LogP contribution in [0.4, 0.5) is 5.69 Å². The summed E-state index contributed by atoms with van der Waals surface area (Å²) in [4.78, 5) is 20.9. The van der Waals surface area contributed by atoms with Crippen LogP contribution in [0.1, 0.15) is 22.3 Å². The average molecular weight is 377 g/mol. The summed E-state index contributed by atoms with van der Waals surface area (Å²) in [7, 11) is 0. The molecule has 28 heavy (non-hydrogen) atoms. The fourth-order valence-corrected chi connectivity index (χ4v) is 3.39. The molecule has 7 nitrogen and oxygen atoms in total. The van der Waals surface area contributed by atoms with Gasteiger partial charge >= 0.3 is 0 Å². The largest absolute Gasteiger partial charge is 0.386 e. The van der Waals surface area contributed by atoms with Crippen LogP contribution in [0.5, 0.6) is 0 Å². The van der Waals surface area contributed by atoms with Crippen LogP contribution >= 0.6 is 0 Å². The van der Waals surface area contributed by atoms with Crippen molar-refractivity contribution in [1.82, 2.24) is 19.7 Å². The molecular formula is C21H23N5O2. The Labute approximate surface area is 163 Å². The Balaban J connectivity index is 1.35. The van der Waals surface area contributed by atoms with Gasteiger partial charge in [0.05, 0.1) is 12.6 Å². The summed E-state index contributed by atoms with van der Waals surface area (Å²) in [6, 6.07) is 19.6. The molecule has 1 N–H and O–H groups in total. The Morgan fingerprint density at radius 3 is 2.29 bits per heavy atom. The lowest BCUT2D eigenvalue weighted by atomic mass is 10.1. The fraction of sp³-hybridized carbons (Fsp3) is 0.286. The van der Waals surface area contributed by atoms with Gasteiger partial charge in [0.2, 0.25) is 5.82 Å². The minimum absolute atomic E-state index is 0.166. The fourth-order valence-electron chi connectivity index (χ4n) is 3.39. The van der Waals surface area contributed by atoms with E-state index in [1.165, 1.54) is 16.7 Å². The van der Waals surface area contributed by atoms with Crippen LogP contribution in [0, 0.1) is 0 Å². The van der Waals surface area contributed by atoms with Gasteiger partial charge in [-0.25, -0.2) is 9.67 Å². The molecule has 2 aromatic carbocycles. The Kier molecular flexibility index (Phi) is 5.34. The lowest BCUT2D eigenvalue weighted by Gasteiger charge is -2.35. The first kappa shape index (κ1) is 18.2. The van der Waals surface area contributed by atoms with Gasteiger partial charge in [-0.1, -0.05) is 48.5 Å². The Bertz CT molecular complexity index is 905. The maximum Gasteiger partial charge on any atom is 0.293 e. The second-order valence-electron chi connectivity index (χ2n) is 6.83. The Hall–Kier alpha value is -3.19. The lowest BCUT2D eigenvalue weighted by molar-refractivity contribution is 0.0733. The zero-order valence-corrected chi connectivity index (χ0v) is 15.6. The summed E-state index contributed by atoms with van der Waals surface area (Å²) >= 11 is 0. The van der Waals surface area contributed by atoms with E-state index >= 15 is 0 Å². The van der Waals surface area contributed by atoms with Gasteiger partial charge in [0.15, 0.2) is 0 Å². The summed E-state index contributed by atoms with van der Waals surface area (Å²) in [5.41, 5.74) is 1.98. The second kappa shape index (κ2) is 8.22. The van der Waals surface area contributed by atoms with E-state index in [0.29, 0.717) is 13.1 Å². The molecule has 1 aromatic heterocycles. The van der Waals surface area contributed by atoms with Crippen molar-refractivity contribution in [3.8, 4) is 0 Å². The molecule has 0 radical (unpaired) electrons. The quantitative estimate of drug-likeness (QED) is 0.736. The number of aliphatic hydroxyl groups is 1. The zero-order valence-electron chi connectivity index (χ0n) is 15.6. The number of anilines is 1. The molecule has 1 aliphatic heterocycles. The summed E-state index contributed by atoms with van der Waals surface area (Å²) in [5, 5.41) is 14.6. The van der Waals surface area contributed by atoms with E-state index in [1.807, 2.05) is 48.5 Å². The third-order valence-electron chi connectivity index (χ3n) is 4.96. The van der Waals surface area contributed by atoms with E-state index in [9.17, 15) is 9.90 Å². The molecular weight excluding hydrogens is 354 g/mol. The molecule has 2 heterocycles. The van der Waals surface area contributed by atoms with Gasteiger partial charge in [0.25, 0.3) is 5.91 Å². The maximum absolute atomic E-state index is 12.7. The minimum Gasteiger partial charge on any atom is -0.386 e. The number of amides is 1. The zero-order chi connectivity index (χ0) is 19.3. The maximum atomic E-state index is 12.7. The van der Waals surface area contributed by atoms with Crippen LogP contribution < -0.4 is 4.90 Å². The van der Waals surface area contributed by atoms with Crippen LogP contribution in [-0.4, -0.2) is 56.9 Å². The lowest BCUT2D eigenvalue weighted by Crippen LogP contribution is -2.49. The number of para-hydroxylation sites is 1. The molecule has 1 saturated heterocycles. The molecule has 3 aromatic rings. The van der Waals surface area contributed by atoms with Crippen LogP contribution in [0.15, 0.2) is 67.0 Å². The van der Waals surface area contributed by atoms with Crippen molar-refractivity contribution in [2.24, 2.45) is 0 Å². The van der Waals surface area contributed by atoms with E-state index in [2.05, 4.69) is 27.1 Å². The number of carbonyl (C=O) groups is 1. The van der Waals surface area contributed by atoms with E-state index < -0.39 is 6.10 Å². The number of benzene rings is 2. The van der Waals surface area contributed by atoms with E-state index in [0.717, 1.165) is 18.7 Å². The second-order valence-corrected chi connectivity index (χ2v) is 6.83. The van der Waals surface area contributed by atoms with Gasteiger partial charge in [0.1, 0.15) is 6.33 Å². The summed E-state index contributed by atoms with van der Waals surface area (Å²) in [5.74, 6) is 0.00841. The number of carbonyl (C=O) groups excluding carboxylic acids is 1. The van der Waals surface area contributed by atoms with Crippen molar-refractivity contribution in [2.75, 3.05) is 31.1 Å². The molecule has 7 heteroatoms. The normalized spacial score (nSPS) is 15.5. The third-order valence-corrected chi connectivity index (χ3v) is 4.96. The Morgan fingerprint density at radius 1 is 0.964 bits per heavy atom. The van der Waals surface area contributed by atoms with Crippen molar-refractivity contribution >= 4 is 11.6 Å². The van der Waals surface area contributed by atoms with Crippen LogP contribution in [0.25, 0.3) is 0 Å². The number of piperazine rings is 1. The summed E-state index contributed by atoms with van der Waals surface area (Å²) < 4.78 is 1.52. The van der Waals surface area contributed by atoms with E-state index in [-0.39, 0.29) is 18.3 Å². The molecule has 0 spiro atoms. The SMILES string of the molecule is O=C(c1ncn(C[C@H](O)c2ccccc2)n1)N1CCN(c2ccccc2)CC1. The first-order valence-corrected chi connectivity index (χ1v) is 9.42. The monoisotopic (exact) mass is 377 g/mol. The van der Waals surface area contributed by atoms with E-state index in [4.69, 9.17) is 0 Å². The van der Waals surface area contributed by atoms with Gasteiger partial charge in [-0.2, -0.15) is 0 Å². The van der Waals surface area contributed by atoms with Crippen LogP contribution in [-0.2, 0) is 6.54 Å². The van der Waals surface area contributed by atoms with Crippen molar-refractivity contribution < 1.29 is 9.90 Å². The molecule has 0 bridgehead atoms. The summed E-state index contributed by atoms with van der Waals surface area (Å²) in [6.07, 6.45) is 0.805. The average Bonchev–Trinajstić information content (AvgIpc) is 3.23. The highest BCUT2D eigenvalue weighted by atomic mass is 16.3.